The molecule has 0 aliphatic carbocycles. The summed E-state index contributed by atoms with van der Waals surface area (Å²) in [5.41, 5.74) is 0.801. The van der Waals surface area contributed by atoms with Crippen LogP contribution in [0.4, 0.5) is 16.2 Å². The molecule has 0 aliphatic rings. The molecule has 7 nitrogen and oxygen atoms in total. The second-order valence-electron chi connectivity index (χ2n) is 5.03. The summed E-state index contributed by atoms with van der Waals surface area (Å²) in [4.78, 5) is 8.53. The number of nitrogens with zero attached hydrogens (tertiary/aromatic N) is 2. The first-order valence-corrected chi connectivity index (χ1v) is 8.97. The number of halogens is 1. The van der Waals surface area contributed by atoms with Crippen LogP contribution in [0.15, 0.2) is 35.2 Å². The van der Waals surface area contributed by atoms with Gasteiger partial charge in [0, 0.05) is 31.4 Å². The number of rotatable bonds is 8. The van der Waals surface area contributed by atoms with Gasteiger partial charge in [-0.2, -0.15) is 4.98 Å². The Kier molecular flexibility index (Phi) is 6.04. The molecule has 0 spiro atoms. The summed E-state index contributed by atoms with van der Waals surface area (Å²) in [6.07, 6.45) is 0. The van der Waals surface area contributed by atoms with Gasteiger partial charge in [-0.25, -0.2) is 22.5 Å². The first kappa shape index (κ1) is 18.1. The smallest absolute Gasteiger partial charge is 0.240 e. The molecule has 130 valence electrons. The highest BCUT2D eigenvalue weighted by Gasteiger charge is 2.13. The second kappa shape index (κ2) is 8.02. The van der Waals surface area contributed by atoms with E-state index in [4.69, 9.17) is 0 Å². The molecule has 0 saturated heterocycles. The Morgan fingerprint density at radius 3 is 2.46 bits per heavy atom. The fourth-order valence-electron chi connectivity index (χ4n) is 1.97. The van der Waals surface area contributed by atoms with E-state index in [1.54, 1.807) is 6.07 Å². The quantitative estimate of drug-likeness (QED) is 0.626. The lowest BCUT2D eigenvalue weighted by molar-refractivity contribution is 0.582. The Morgan fingerprint density at radius 2 is 1.79 bits per heavy atom. The van der Waals surface area contributed by atoms with E-state index in [-0.39, 0.29) is 11.4 Å². The predicted molar refractivity (Wildman–Crippen MR) is 91.0 cm³/mol. The summed E-state index contributed by atoms with van der Waals surface area (Å²) in [6, 6.07) is 6.44. The predicted octanol–water partition coefficient (Wildman–Crippen LogP) is 1.75. The molecular weight excluding hydrogens is 333 g/mol. The molecule has 24 heavy (non-hydrogen) atoms. The van der Waals surface area contributed by atoms with E-state index in [9.17, 15) is 12.8 Å². The van der Waals surface area contributed by atoms with E-state index in [2.05, 4.69) is 25.3 Å². The van der Waals surface area contributed by atoms with Gasteiger partial charge in [-0.15, -0.1) is 0 Å². The van der Waals surface area contributed by atoms with Crippen molar-refractivity contribution < 1.29 is 12.8 Å². The van der Waals surface area contributed by atoms with Crippen molar-refractivity contribution in [3.8, 4) is 0 Å². The SMILES string of the molecule is CCNc1nc(C)cc(NCCNS(=O)(=O)c2ccc(F)cc2)n1. The maximum atomic E-state index is 12.8. The number of aryl methyl sites for hydroxylation is 1. The van der Waals surface area contributed by atoms with Crippen molar-refractivity contribution in [2.24, 2.45) is 0 Å². The Bertz CT molecular complexity index is 781. The van der Waals surface area contributed by atoms with Gasteiger partial charge in [0.1, 0.15) is 11.6 Å². The van der Waals surface area contributed by atoms with Crippen LogP contribution < -0.4 is 15.4 Å². The lowest BCUT2D eigenvalue weighted by Crippen LogP contribution is -2.29. The molecule has 0 aliphatic heterocycles. The summed E-state index contributed by atoms with van der Waals surface area (Å²) >= 11 is 0. The molecule has 0 atom stereocenters. The van der Waals surface area contributed by atoms with Crippen LogP contribution in [0.3, 0.4) is 0 Å². The van der Waals surface area contributed by atoms with E-state index in [1.807, 2.05) is 13.8 Å². The van der Waals surface area contributed by atoms with Crippen molar-refractivity contribution in [2.45, 2.75) is 18.7 Å². The zero-order chi connectivity index (χ0) is 17.6. The van der Waals surface area contributed by atoms with Crippen molar-refractivity contribution in [1.82, 2.24) is 14.7 Å². The molecule has 2 rings (SSSR count). The molecule has 0 amide bonds. The molecule has 9 heteroatoms. The topological polar surface area (TPSA) is 96.0 Å². The van der Waals surface area contributed by atoms with Crippen LogP contribution in [-0.4, -0.2) is 38.0 Å². The lowest BCUT2D eigenvalue weighted by atomic mass is 10.4. The zero-order valence-corrected chi connectivity index (χ0v) is 14.3. The standard InChI is InChI=1S/C15H20FN5O2S/c1-3-17-15-20-11(2)10-14(21-15)18-8-9-19-24(22,23)13-6-4-12(16)5-7-13/h4-7,10,19H,3,8-9H2,1-2H3,(H2,17,18,20,21). The number of aromatic nitrogens is 2. The van der Waals surface area contributed by atoms with E-state index in [1.165, 1.54) is 12.1 Å². The summed E-state index contributed by atoms with van der Waals surface area (Å²) in [7, 11) is -3.66. The molecule has 3 N–H and O–H groups in total. The average molecular weight is 353 g/mol. The average Bonchev–Trinajstić information content (AvgIpc) is 2.52. The van der Waals surface area contributed by atoms with Crippen molar-refractivity contribution in [3.05, 3.63) is 41.8 Å². The van der Waals surface area contributed by atoms with Gasteiger partial charge < -0.3 is 10.6 Å². The summed E-state index contributed by atoms with van der Waals surface area (Å²) < 4.78 is 39.4. The van der Waals surface area contributed by atoms with Crippen LogP contribution in [0.25, 0.3) is 0 Å². The van der Waals surface area contributed by atoms with Crippen LogP contribution in [0.2, 0.25) is 0 Å². The number of nitrogens with one attached hydrogen (secondary N) is 3. The monoisotopic (exact) mass is 353 g/mol. The number of hydrogen-bond donors (Lipinski definition) is 3. The molecule has 0 fully saturated rings. The molecule has 0 unspecified atom stereocenters. The molecule has 1 aromatic carbocycles. The van der Waals surface area contributed by atoms with Crippen molar-refractivity contribution in [3.63, 3.8) is 0 Å². The third-order valence-electron chi connectivity index (χ3n) is 3.04. The van der Waals surface area contributed by atoms with Gasteiger partial charge in [0.25, 0.3) is 0 Å². The van der Waals surface area contributed by atoms with Crippen molar-refractivity contribution in [1.29, 1.82) is 0 Å². The minimum Gasteiger partial charge on any atom is -0.369 e. The fourth-order valence-corrected chi connectivity index (χ4v) is 3.00. The number of sulfonamides is 1. The minimum atomic E-state index is -3.66. The highest BCUT2D eigenvalue weighted by molar-refractivity contribution is 7.89. The molecule has 0 saturated carbocycles. The molecule has 2 aromatic rings. The lowest BCUT2D eigenvalue weighted by Gasteiger charge is -2.10. The van der Waals surface area contributed by atoms with Gasteiger partial charge in [-0.1, -0.05) is 0 Å². The molecule has 1 aromatic heterocycles. The van der Waals surface area contributed by atoms with Crippen LogP contribution in [0.1, 0.15) is 12.6 Å². The highest BCUT2D eigenvalue weighted by atomic mass is 32.2. The van der Waals surface area contributed by atoms with Crippen LogP contribution in [0.5, 0.6) is 0 Å². The summed E-state index contributed by atoms with van der Waals surface area (Å²) in [5, 5.41) is 6.06. The Morgan fingerprint density at radius 1 is 1.08 bits per heavy atom. The number of anilines is 2. The number of benzene rings is 1. The third kappa shape index (κ3) is 5.14. The zero-order valence-electron chi connectivity index (χ0n) is 13.5. The summed E-state index contributed by atoms with van der Waals surface area (Å²) in [5.74, 6) is 0.651. The second-order valence-corrected chi connectivity index (χ2v) is 6.79. The normalized spacial score (nSPS) is 11.3. The van der Waals surface area contributed by atoms with Crippen LogP contribution in [0, 0.1) is 12.7 Å². The molecule has 1 heterocycles. The summed E-state index contributed by atoms with van der Waals surface area (Å²) in [6.45, 7) is 5.02. The first-order valence-electron chi connectivity index (χ1n) is 7.49. The van der Waals surface area contributed by atoms with E-state index in [0.29, 0.717) is 24.9 Å². The molecule has 0 radical (unpaired) electrons. The Balaban J connectivity index is 1.89. The van der Waals surface area contributed by atoms with Gasteiger partial charge in [0.05, 0.1) is 4.90 Å². The van der Waals surface area contributed by atoms with Crippen LogP contribution >= 0.6 is 0 Å². The Labute approximate surface area is 140 Å². The fraction of sp³-hybridized carbons (Fsp3) is 0.333. The largest absolute Gasteiger partial charge is 0.369 e. The number of hydrogen-bond acceptors (Lipinski definition) is 6. The van der Waals surface area contributed by atoms with Gasteiger partial charge in [0.2, 0.25) is 16.0 Å². The highest BCUT2D eigenvalue weighted by Crippen LogP contribution is 2.10. The molecule has 0 bridgehead atoms. The molecular formula is C15H20FN5O2S. The van der Waals surface area contributed by atoms with Gasteiger partial charge >= 0.3 is 0 Å². The Hall–Kier alpha value is -2.26. The third-order valence-corrected chi connectivity index (χ3v) is 4.51. The maximum absolute atomic E-state index is 12.8. The van der Waals surface area contributed by atoms with Gasteiger partial charge in [0.15, 0.2) is 0 Å². The van der Waals surface area contributed by atoms with Crippen LogP contribution in [-0.2, 0) is 10.0 Å². The van der Waals surface area contributed by atoms with E-state index < -0.39 is 15.8 Å². The van der Waals surface area contributed by atoms with Gasteiger partial charge in [-0.3, -0.25) is 0 Å². The van der Waals surface area contributed by atoms with Crippen molar-refractivity contribution >= 4 is 21.8 Å². The van der Waals surface area contributed by atoms with Gasteiger partial charge in [-0.05, 0) is 38.1 Å². The first-order chi connectivity index (χ1) is 11.4. The minimum absolute atomic E-state index is 0.0243. The van der Waals surface area contributed by atoms with E-state index >= 15 is 0 Å². The maximum Gasteiger partial charge on any atom is 0.240 e. The van der Waals surface area contributed by atoms with E-state index in [0.717, 1.165) is 17.8 Å². The van der Waals surface area contributed by atoms with Crippen molar-refractivity contribution in [2.75, 3.05) is 30.3 Å².